The number of benzene rings is 1. The Morgan fingerprint density at radius 1 is 1.33 bits per heavy atom. The van der Waals surface area contributed by atoms with Gasteiger partial charge in [-0.15, -0.1) is 0 Å². The third-order valence-electron chi connectivity index (χ3n) is 4.00. The van der Waals surface area contributed by atoms with Crippen LogP contribution in [0.2, 0.25) is 0 Å². The van der Waals surface area contributed by atoms with Gasteiger partial charge in [0.05, 0.1) is 10.8 Å². The summed E-state index contributed by atoms with van der Waals surface area (Å²) < 4.78 is 12.6. The maximum absolute atomic E-state index is 12.6. The van der Waals surface area contributed by atoms with Crippen molar-refractivity contribution < 1.29 is 4.21 Å². The van der Waals surface area contributed by atoms with Crippen LogP contribution in [-0.4, -0.2) is 16.0 Å². The second-order valence-corrected chi connectivity index (χ2v) is 7.03. The highest BCUT2D eigenvalue weighted by atomic mass is 32.2. The molecule has 0 bridgehead atoms. The van der Waals surface area contributed by atoms with E-state index in [4.69, 9.17) is 0 Å². The van der Waals surface area contributed by atoms with E-state index < -0.39 is 10.8 Å². The fourth-order valence-electron chi connectivity index (χ4n) is 2.73. The van der Waals surface area contributed by atoms with Gasteiger partial charge in [-0.3, -0.25) is 4.21 Å². The van der Waals surface area contributed by atoms with Gasteiger partial charge in [-0.2, -0.15) is 0 Å². The average molecular weight is 265 g/mol. The molecule has 0 saturated carbocycles. The molecule has 0 radical (unpaired) electrons. The Hall–Kier alpha value is -0.670. The van der Waals surface area contributed by atoms with Crippen LogP contribution in [0.4, 0.5) is 0 Å². The van der Waals surface area contributed by atoms with Crippen molar-refractivity contribution in [1.82, 2.24) is 5.32 Å². The largest absolute Gasteiger partial charge is 0.310 e. The lowest BCUT2D eigenvalue weighted by Gasteiger charge is -2.36. The van der Waals surface area contributed by atoms with Crippen LogP contribution in [0.3, 0.4) is 0 Å². The van der Waals surface area contributed by atoms with E-state index in [-0.39, 0.29) is 5.25 Å². The molecular formula is C15H23NOS. The lowest BCUT2D eigenvalue weighted by Crippen LogP contribution is -2.39. The maximum Gasteiger partial charge on any atom is 0.0567 e. The number of nitrogens with one attached hydrogen (secondary N) is 1. The molecule has 18 heavy (non-hydrogen) atoms. The Kier molecular flexibility index (Phi) is 4.23. The molecule has 1 aliphatic heterocycles. The third-order valence-corrected chi connectivity index (χ3v) is 6.06. The SMILES string of the molecule is CCCNC1c2cccc(C)c2S(=O)C(C)C1C. The Morgan fingerprint density at radius 3 is 2.72 bits per heavy atom. The van der Waals surface area contributed by atoms with Crippen LogP contribution in [0.15, 0.2) is 23.1 Å². The van der Waals surface area contributed by atoms with Crippen LogP contribution in [0, 0.1) is 12.8 Å². The molecule has 1 aliphatic rings. The van der Waals surface area contributed by atoms with E-state index >= 15 is 0 Å². The normalized spacial score (nSPS) is 31.1. The molecule has 4 atom stereocenters. The highest BCUT2D eigenvalue weighted by Crippen LogP contribution is 2.39. The van der Waals surface area contributed by atoms with E-state index in [1.165, 1.54) is 5.56 Å². The van der Waals surface area contributed by atoms with Crippen molar-refractivity contribution in [2.45, 2.75) is 50.3 Å². The topological polar surface area (TPSA) is 29.1 Å². The lowest BCUT2D eigenvalue weighted by atomic mass is 9.90. The quantitative estimate of drug-likeness (QED) is 0.909. The summed E-state index contributed by atoms with van der Waals surface area (Å²) in [6.45, 7) is 9.58. The zero-order chi connectivity index (χ0) is 13.3. The highest BCUT2D eigenvalue weighted by molar-refractivity contribution is 7.85. The molecule has 1 heterocycles. The van der Waals surface area contributed by atoms with Gasteiger partial charge >= 0.3 is 0 Å². The van der Waals surface area contributed by atoms with Gasteiger partial charge in [-0.25, -0.2) is 0 Å². The molecule has 2 nitrogen and oxygen atoms in total. The highest BCUT2D eigenvalue weighted by Gasteiger charge is 2.36. The molecule has 4 unspecified atom stereocenters. The first kappa shape index (κ1) is 13.8. The molecule has 0 aromatic heterocycles. The molecule has 0 spiro atoms. The molecule has 1 aromatic rings. The fraction of sp³-hybridized carbons (Fsp3) is 0.600. The van der Waals surface area contributed by atoms with Crippen LogP contribution < -0.4 is 5.32 Å². The van der Waals surface area contributed by atoms with Gasteiger partial charge in [0.15, 0.2) is 0 Å². The smallest absolute Gasteiger partial charge is 0.0567 e. The fourth-order valence-corrected chi connectivity index (χ4v) is 4.46. The number of hydrogen-bond donors (Lipinski definition) is 1. The summed E-state index contributed by atoms with van der Waals surface area (Å²) in [7, 11) is -0.868. The maximum atomic E-state index is 12.6. The molecular weight excluding hydrogens is 242 g/mol. The van der Waals surface area contributed by atoms with E-state index in [1.807, 2.05) is 0 Å². The van der Waals surface area contributed by atoms with Gasteiger partial charge in [0.25, 0.3) is 0 Å². The molecule has 0 fully saturated rings. The molecule has 0 saturated heterocycles. The monoisotopic (exact) mass is 265 g/mol. The van der Waals surface area contributed by atoms with Crippen molar-refractivity contribution in [1.29, 1.82) is 0 Å². The molecule has 1 N–H and O–H groups in total. The van der Waals surface area contributed by atoms with E-state index in [2.05, 4.69) is 51.2 Å². The van der Waals surface area contributed by atoms with Crippen LogP contribution in [0.1, 0.15) is 44.4 Å². The first-order valence-electron chi connectivity index (χ1n) is 6.81. The van der Waals surface area contributed by atoms with Crippen molar-refractivity contribution in [3.63, 3.8) is 0 Å². The number of aryl methyl sites for hydroxylation is 1. The van der Waals surface area contributed by atoms with E-state index in [9.17, 15) is 4.21 Å². The third kappa shape index (κ3) is 2.26. The number of hydrogen-bond acceptors (Lipinski definition) is 2. The Bertz CT molecular complexity index is 458. The summed E-state index contributed by atoms with van der Waals surface area (Å²) in [5.74, 6) is 0.409. The van der Waals surface area contributed by atoms with Crippen molar-refractivity contribution in [2.75, 3.05) is 6.54 Å². The minimum absolute atomic E-state index is 0.216. The number of rotatable bonds is 3. The minimum Gasteiger partial charge on any atom is -0.310 e. The summed E-state index contributed by atoms with van der Waals surface area (Å²) in [5.41, 5.74) is 2.40. The van der Waals surface area contributed by atoms with Crippen LogP contribution >= 0.6 is 0 Å². The summed E-state index contributed by atoms with van der Waals surface area (Å²) in [6, 6.07) is 6.62. The molecule has 3 heteroatoms. The average Bonchev–Trinajstić information content (AvgIpc) is 2.36. The number of fused-ring (bicyclic) bond motifs is 1. The zero-order valence-electron chi connectivity index (χ0n) is 11.7. The Balaban J connectivity index is 2.46. The predicted octanol–water partition coefficient (Wildman–Crippen LogP) is 3.18. The molecule has 1 aromatic carbocycles. The second kappa shape index (κ2) is 5.54. The summed E-state index contributed by atoms with van der Waals surface area (Å²) >= 11 is 0. The lowest BCUT2D eigenvalue weighted by molar-refractivity contribution is 0.366. The first-order chi connectivity index (χ1) is 8.57. The van der Waals surface area contributed by atoms with Crippen molar-refractivity contribution >= 4 is 10.8 Å². The second-order valence-electron chi connectivity index (χ2n) is 5.29. The van der Waals surface area contributed by atoms with Crippen LogP contribution in [0.5, 0.6) is 0 Å². The summed E-state index contributed by atoms with van der Waals surface area (Å²) in [6.07, 6.45) is 1.13. The molecule has 2 rings (SSSR count). The van der Waals surface area contributed by atoms with Crippen molar-refractivity contribution in [2.24, 2.45) is 5.92 Å². The molecule has 100 valence electrons. The Morgan fingerprint density at radius 2 is 2.06 bits per heavy atom. The van der Waals surface area contributed by atoms with E-state index in [0.717, 1.165) is 23.4 Å². The summed E-state index contributed by atoms with van der Waals surface area (Å²) in [5, 5.41) is 3.84. The van der Waals surface area contributed by atoms with Crippen LogP contribution in [0.25, 0.3) is 0 Å². The van der Waals surface area contributed by atoms with Gasteiger partial charge < -0.3 is 5.32 Å². The van der Waals surface area contributed by atoms with Crippen molar-refractivity contribution in [3.05, 3.63) is 29.3 Å². The van der Waals surface area contributed by atoms with Gasteiger partial charge in [-0.1, -0.05) is 39.0 Å². The van der Waals surface area contributed by atoms with Crippen molar-refractivity contribution in [3.8, 4) is 0 Å². The van der Waals surface area contributed by atoms with E-state index in [1.54, 1.807) is 0 Å². The minimum atomic E-state index is -0.868. The Labute approximate surface area is 113 Å². The zero-order valence-corrected chi connectivity index (χ0v) is 12.5. The first-order valence-corrected chi connectivity index (χ1v) is 8.02. The van der Waals surface area contributed by atoms with Gasteiger partial charge in [0.1, 0.15) is 0 Å². The standard InChI is InChI=1S/C15H23NOS/c1-5-9-16-14-11(3)12(4)18(17)15-10(2)7-6-8-13(14)15/h6-8,11-12,14,16H,5,9H2,1-4H3. The van der Waals surface area contributed by atoms with Gasteiger partial charge in [0.2, 0.25) is 0 Å². The van der Waals surface area contributed by atoms with E-state index in [0.29, 0.717) is 12.0 Å². The van der Waals surface area contributed by atoms with Crippen LogP contribution in [-0.2, 0) is 10.8 Å². The predicted molar refractivity (Wildman–Crippen MR) is 77.2 cm³/mol. The summed E-state index contributed by atoms with van der Waals surface area (Å²) in [4.78, 5) is 1.07. The van der Waals surface area contributed by atoms with Gasteiger partial charge in [0, 0.05) is 16.2 Å². The van der Waals surface area contributed by atoms with Gasteiger partial charge in [-0.05, 0) is 36.9 Å². The molecule has 0 amide bonds. The molecule has 0 aliphatic carbocycles.